The van der Waals surface area contributed by atoms with Gasteiger partial charge in [0.1, 0.15) is 31.0 Å². The molecule has 9 heteroatoms. The van der Waals surface area contributed by atoms with Crippen LogP contribution in [0.3, 0.4) is 0 Å². The first-order chi connectivity index (χ1) is 17.6. The quantitative estimate of drug-likeness (QED) is 0.302. The van der Waals surface area contributed by atoms with Gasteiger partial charge in [0.25, 0.3) is 5.91 Å². The molecule has 1 N–H and O–H groups in total. The molecule has 0 aliphatic carbocycles. The lowest BCUT2D eigenvalue weighted by molar-refractivity contribution is 0.102. The van der Waals surface area contributed by atoms with E-state index in [9.17, 15) is 4.79 Å². The van der Waals surface area contributed by atoms with Gasteiger partial charge in [-0.25, -0.2) is 9.97 Å². The fourth-order valence-corrected chi connectivity index (χ4v) is 3.58. The summed E-state index contributed by atoms with van der Waals surface area (Å²) in [6, 6.07) is 18.2. The fourth-order valence-electron chi connectivity index (χ4n) is 3.28. The molecular weight excluding hydrogens is 482 g/mol. The van der Waals surface area contributed by atoms with Crippen LogP contribution in [0.1, 0.15) is 21.5 Å². The number of nitrogens with zero attached hydrogens (tertiary/aromatic N) is 2. The maximum atomic E-state index is 12.9. The monoisotopic (exact) mass is 505 g/mol. The van der Waals surface area contributed by atoms with Gasteiger partial charge in [-0.15, -0.1) is 0 Å². The molecule has 8 nitrogen and oxygen atoms in total. The van der Waals surface area contributed by atoms with Gasteiger partial charge >= 0.3 is 0 Å². The number of carbonyl (C=O) groups excluding carboxylic acids is 1. The van der Waals surface area contributed by atoms with Crippen molar-refractivity contribution in [3.05, 3.63) is 101 Å². The fraction of sp³-hybridized carbons (Fsp3) is 0.148. The number of aromatic nitrogens is 2. The van der Waals surface area contributed by atoms with Gasteiger partial charge in [0.05, 0.1) is 42.9 Å². The third kappa shape index (κ3) is 6.22. The largest absolute Gasteiger partial charge is 0.497 e. The van der Waals surface area contributed by atoms with E-state index in [4.69, 9.17) is 30.5 Å². The minimum absolute atomic E-state index is 0.130. The smallest absolute Gasteiger partial charge is 0.257 e. The molecule has 0 fully saturated rings. The Labute approximate surface area is 213 Å². The number of carbonyl (C=O) groups is 1. The Morgan fingerprint density at radius 2 is 1.36 bits per heavy atom. The molecule has 0 aliphatic rings. The van der Waals surface area contributed by atoms with Crippen molar-refractivity contribution in [1.82, 2.24) is 9.97 Å². The third-order valence-electron chi connectivity index (χ3n) is 5.22. The van der Waals surface area contributed by atoms with Crippen molar-refractivity contribution in [1.29, 1.82) is 0 Å². The number of amides is 1. The summed E-state index contributed by atoms with van der Waals surface area (Å²) in [4.78, 5) is 20.7. The van der Waals surface area contributed by atoms with Crippen LogP contribution in [0.2, 0.25) is 5.02 Å². The normalized spacial score (nSPS) is 10.4. The zero-order chi connectivity index (χ0) is 25.3. The maximum absolute atomic E-state index is 12.9. The molecule has 4 rings (SSSR count). The second kappa shape index (κ2) is 11.9. The molecule has 1 amide bonds. The Balaban J connectivity index is 1.57. The molecule has 1 heterocycles. The Kier molecular flexibility index (Phi) is 8.20. The van der Waals surface area contributed by atoms with Crippen LogP contribution in [0, 0.1) is 0 Å². The second-order valence-corrected chi connectivity index (χ2v) is 7.99. The first kappa shape index (κ1) is 24.8. The summed E-state index contributed by atoms with van der Waals surface area (Å²) in [6.45, 7) is 0.478. The van der Waals surface area contributed by atoms with Crippen LogP contribution in [0.15, 0.2) is 79.4 Å². The van der Waals surface area contributed by atoms with Crippen LogP contribution in [0.25, 0.3) is 0 Å². The predicted molar refractivity (Wildman–Crippen MR) is 136 cm³/mol. The SMILES string of the molecule is COc1ccc(COc2ccc(C(=O)Nc3cncnc3)c(Cl)c2OCc2ccc(OC)cc2)cc1. The molecule has 184 valence electrons. The van der Waals surface area contributed by atoms with Crippen molar-refractivity contribution in [2.24, 2.45) is 0 Å². The van der Waals surface area contributed by atoms with E-state index >= 15 is 0 Å². The van der Waals surface area contributed by atoms with Crippen molar-refractivity contribution >= 4 is 23.2 Å². The number of hydrogen-bond donors (Lipinski definition) is 1. The van der Waals surface area contributed by atoms with Crippen LogP contribution < -0.4 is 24.3 Å². The highest BCUT2D eigenvalue weighted by atomic mass is 35.5. The van der Waals surface area contributed by atoms with Crippen molar-refractivity contribution in [3.8, 4) is 23.0 Å². The summed E-state index contributed by atoms with van der Waals surface area (Å²) < 4.78 is 22.5. The van der Waals surface area contributed by atoms with E-state index in [1.165, 1.54) is 18.7 Å². The lowest BCUT2D eigenvalue weighted by Crippen LogP contribution is -2.13. The van der Waals surface area contributed by atoms with Gasteiger partial charge in [-0.3, -0.25) is 4.79 Å². The zero-order valence-electron chi connectivity index (χ0n) is 19.7. The number of anilines is 1. The van der Waals surface area contributed by atoms with Crippen LogP contribution in [0.5, 0.6) is 23.0 Å². The number of ether oxygens (including phenoxy) is 4. The first-order valence-corrected chi connectivity index (χ1v) is 11.4. The van der Waals surface area contributed by atoms with Gasteiger partial charge in [-0.1, -0.05) is 35.9 Å². The van der Waals surface area contributed by atoms with Gasteiger partial charge in [-0.2, -0.15) is 0 Å². The van der Waals surface area contributed by atoms with Crippen LogP contribution in [-0.2, 0) is 13.2 Å². The summed E-state index contributed by atoms with van der Waals surface area (Å²) in [6.07, 6.45) is 4.36. The molecule has 0 radical (unpaired) electrons. The number of hydrogen-bond acceptors (Lipinski definition) is 7. The molecule has 0 unspecified atom stereocenters. The number of halogens is 1. The summed E-state index contributed by atoms with van der Waals surface area (Å²) in [5.41, 5.74) is 2.49. The van der Waals surface area contributed by atoms with E-state index in [-0.39, 0.29) is 29.5 Å². The molecule has 0 saturated heterocycles. The zero-order valence-corrected chi connectivity index (χ0v) is 20.5. The van der Waals surface area contributed by atoms with E-state index in [0.717, 1.165) is 22.6 Å². The van der Waals surface area contributed by atoms with E-state index in [0.29, 0.717) is 11.4 Å². The second-order valence-electron chi connectivity index (χ2n) is 7.61. The van der Waals surface area contributed by atoms with Gasteiger partial charge in [0.15, 0.2) is 11.5 Å². The number of nitrogens with one attached hydrogen (secondary N) is 1. The van der Waals surface area contributed by atoms with E-state index in [1.54, 1.807) is 26.4 Å². The molecule has 4 aromatic rings. The van der Waals surface area contributed by atoms with E-state index in [1.807, 2.05) is 48.5 Å². The Morgan fingerprint density at radius 1 is 0.806 bits per heavy atom. The standard InChI is InChI=1S/C27H24ClN3O5/c1-33-21-7-3-18(4-8-21)15-35-24-12-11-23(27(32)31-20-13-29-17-30-14-20)25(28)26(24)36-16-19-5-9-22(34-2)10-6-19/h3-14,17H,15-16H2,1-2H3,(H,31,32). The highest BCUT2D eigenvalue weighted by Crippen LogP contribution is 2.39. The summed E-state index contributed by atoms with van der Waals surface area (Å²) >= 11 is 6.68. The Morgan fingerprint density at radius 3 is 1.92 bits per heavy atom. The van der Waals surface area contributed by atoms with Crippen molar-refractivity contribution in [3.63, 3.8) is 0 Å². The molecule has 36 heavy (non-hydrogen) atoms. The number of benzene rings is 3. The van der Waals surface area contributed by atoms with Crippen molar-refractivity contribution in [2.45, 2.75) is 13.2 Å². The van der Waals surface area contributed by atoms with Crippen LogP contribution in [-0.4, -0.2) is 30.1 Å². The average Bonchev–Trinajstić information content (AvgIpc) is 2.92. The Hall–Kier alpha value is -4.30. The predicted octanol–water partition coefficient (Wildman–Crippen LogP) is 5.56. The minimum atomic E-state index is -0.425. The van der Waals surface area contributed by atoms with Crippen molar-refractivity contribution < 1.29 is 23.7 Å². The van der Waals surface area contributed by atoms with Crippen LogP contribution >= 0.6 is 11.6 Å². The highest BCUT2D eigenvalue weighted by molar-refractivity contribution is 6.36. The summed E-state index contributed by atoms with van der Waals surface area (Å²) in [5.74, 6) is 1.74. The van der Waals surface area contributed by atoms with Crippen molar-refractivity contribution in [2.75, 3.05) is 19.5 Å². The maximum Gasteiger partial charge on any atom is 0.257 e. The molecule has 3 aromatic carbocycles. The summed E-state index contributed by atoms with van der Waals surface area (Å²) in [7, 11) is 3.22. The lowest BCUT2D eigenvalue weighted by Gasteiger charge is -2.17. The van der Waals surface area contributed by atoms with E-state index < -0.39 is 5.91 Å². The average molecular weight is 506 g/mol. The molecule has 0 saturated carbocycles. The summed E-state index contributed by atoms with van der Waals surface area (Å²) in [5, 5.41) is 2.86. The molecule has 1 aromatic heterocycles. The first-order valence-electron chi connectivity index (χ1n) is 11.0. The number of methoxy groups -OCH3 is 2. The van der Waals surface area contributed by atoms with E-state index in [2.05, 4.69) is 15.3 Å². The molecule has 0 spiro atoms. The Bertz CT molecular complexity index is 1300. The molecule has 0 bridgehead atoms. The topological polar surface area (TPSA) is 91.8 Å². The molecule has 0 atom stereocenters. The lowest BCUT2D eigenvalue weighted by atomic mass is 10.1. The third-order valence-corrected chi connectivity index (χ3v) is 5.59. The highest BCUT2D eigenvalue weighted by Gasteiger charge is 2.20. The van der Waals surface area contributed by atoms with Gasteiger partial charge in [0, 0.05) is 0 Å². The molecular formula is C27H24ClN3O5. The van der Waals surface area contributed by atoms with Crippen LogP contribution in [0.4, 0.5) is 5.69 Å². The molecule has 0 aliphatic heterocycles. The van der Waals surface area contributed by atoms with Gasteiger partial charge in [-0.05, 0) is 47.5 Å². The minimum Gasteiger partial charge on any atom is -0.497 e. The van der Waals surface area contributed by atoms with Gasteiger partial charge in [0.2, 0.25) is 0 Å². The van der Waals surface area contributed by atoms with Gasteiger partial charge < -0.3 is 24.3 Å². The number of rotatable bonds is 10.